The number of esters is 1. The van der Waals surface area contributed by atoms with Gasteiger partial charge in [-0.1, -0.05) is 23.5 Å². The van der Waals surface area contributed by atoms with E-state index in [1.54, 1.807) is 23.6 Å². The summed E-state index contributed by atoms with van der Waals surface area (Å²) in [5, 5.41) is 11.5. The summed E-state index contributed by atoms with van der Waals surface area (Å²) < 4.78 is 17.6. The molecule has 0 saturated carbocycles. The highest BCUT2D eigenvalue weighted by Crippen LogP contribution is 2.34. The fourth-order valence-corrected chi connectivity index (χ4v) is 3.96. The van der Waals surface area contributed by atoms with E-state index in [1.807, 2.05) is 12.1 Å². The summed E-state index contributed by atoms with van der Waals surface area (Å²) in [6, 6.07) is 9.54. The minimum Gasteiger partial charge on any atom is -0.493 e. The number of hydrogen-bond donors (Lipinski definition) is 0. The Bertz CT molecular complexity index is 1230. The van der Waals surface area contributed by atoms with Crippen molar-refractivity contribution in [3.63, 3.8) is 0 Å². The molecule has 0 N–H and O–H groups in total. The summed E-state index contributed by atoms with van der Waals surface area (Å²) in [5.74, 6) is -1.07. The average Bonchev–Trinajstić information content (AvgIpc) is 3.09. The van der Waals surface area contributed by atoms with Crippen molar-refractivity contribution in [2.24, 2.45) is 4.99 Å². The lowest BCUT2D eigenvalue weighted by atomic mass is 10.1. The van der Waals surface area contributed by atoms with E-state index in [4.69, 9.17) is 14.2 Å². The Kier molecular flexibility index (Phi) is 6.65. The number of amides is 1. The molecule has 3 rings (SSSR count). The highest BCUT2D eigenvalue weighted by atomic mass is 32.1. The third-order valence-corrected chi connectivity index (χ3v) is 5.37. The third kappa shape index (κ3) is 4.56. The Labute approximate surface area is 180 Å². The SMILES string of the molecule is CCOC(=O)Cn1c(=NC(=O)c2cc(OC)c(OC)cc2[N+](=O)[O-])sc2ccccc21. The second kappa shape index (κ2) is 9.39. The van der Waals surface area contributed by atoms with Crippen LogP contribution in [0, 0.1) is 10.1 Å². The number of rotatable bonds is 7. The van der Waals surface area contributed by atoms with Crippen LogP contribution in [-0.2, 0) is 16.1 Å². The zero-order valence-corrected chi connectivity index (χ0v) is 17.8. The maximum atomic E-state index is 13.0. The summed E-state index contributed by atoms with van der Waals surface area (Å²) in [4.78, 5) is 40.2. The molecule has 0 saturated heterocycles. The Hall–Kier alpha value is -3.73. The van der Waals surface area contributed by atoms with Crippen LogP contribution in [0.15, 0.2) is 41.4 Å². The predicted octanol–water partition coefficient (Wildman–Crippen LogP) is 2.93. The number of carbonyl (C=O) groups is 2. The smallest absolute Gasteiger partial charge is 0.326 e. The van der Waals surface area contributed by atoms with Gasteiger partial charge in [0.1, 0.15) is 12.1 Å². The van der Waals surface area contributed by atoms with E-state index in [0.29, 0.717) is 5.52 Å². The molecule has 0 aliphatic carbocycles. The van der Waals surface area contributed by atoms with Crippen molar-refractivity contribution < 1.29 is 28.7 Å². The van der Waals surface area contributed by atoms with Crippen LogP contribution in [0.25, 0.3) is 10.2 Å². The molecule has 0 aliphatic heterocycles. The molecule has 0 unspecified atom stereocenters. The lowest BCUT2D eigenvalue weighted by molar-refractivity contribution is -0.385. The first-order chi connectivity index (χ1) is 14.9. The predicted molar refractivity (Wildman–Crippen MR) is 113 cm³/mol. The molecule has 0 bridgehead atoms. The van der Waals surface area contributed by atoms with Crippen molar-refractivity contribution >= 4 is 39.1 Å². The van der Waals surface area contributed by atoms with Crippen molar-refractivity contribution in [3.05, 3.63) is 56.9 Å². The van der Waals surface area contributed by atoms with Crippen molar-refractivity contribution in [2.45, 2.75) is 13.5 Å². The van der Waals surface area contributed by atoms with Gasteiger partial charge in [0, 0.05) is 6.07 Å². The second-order valence-corrected chi connectivity index (χ2v) is 7.15. The first-order valence-corrected chi connectivity index (χ1v) is 9.94. The normalized spacial score (nSPS) is 11.4. The standard InChI is InChI=1S/C20H19N3O7S/c1-4-30-18(24)11-22-13-7-5-6-8-17(13)31-20(22)21-19(25)12-9-15(28-2)16(29-3)10-14(12)23(26)27/h5-10H,4,11H2,1-3H3. The van der Waals surface area contributed by atoms with Crippen LogP contribution in [0.3, 0.4) is 0 Å². The molecule has 1 heterocycles. The molecule has 0 aliphatic rings. The van der Waals surface area contributed by atoms with Gasteiger partial charge in [-0.2, -0.15) is 4.99 Å². The highest BCUT2D eigenvalue weighted by Gasteiger charge is 2.25. The average molecular weight is 445 g/mol. The van der Waals surface area contributed by atoms with Gasteiger partial charge in [-0.25, -0.2) is 0 Å². The van der Waals surface area contributed by atoms with Gasteiger partial charge in [0.15, 0.2) is 16.3 Å². The first-order valence-electron chi connectivity index (χ1n) is 9.13. The zero-order valence-electron chi connectivity index (χ0n) is 17.0. The van der Waals surface area contributed by atoms with Crippen molar-refractivity contribution in [3.8, 4) is 11.5 Å². The zero-order chi connectivity index (χ0) is 22.5. The largest absolute Gasteiger partial charge is 0.493 e. The molecule has 10 nitrogen and oxygen atoms in total. The number of ether oxygens (including phenoxy) is 3. The Morgan fingerprint density at radius 1 is 1.16 bits per heavy atom. The fraction of sp³-hybridized carbons (Fsp3) is 0.250. The fourth-order valence-electron chi connectivity index (χ4n) is 2.93. The van der Waals surface area contributed by atoms with Crippen LogP contribution in [-0.4, -0.2) is 42.2 Å². The molecule has 0 spiro atoms. The highest BCUT2D eigenvalue weighted by molar-refractivity contribution is 7.16. The summed E-state index contributed by atoms with van der Waals surface area (Å²) >= 11 is 1.18. The Balaban J connectivity index is 2.17. The lowest BCUT2D eigenvalue weighted by Gasteiger charge is -2.09. The lowest BCUT2D eigenvalue weighted by Crippen LogP contribution is -2.23. The minimum absolute atomic E-state index is 0.116. The van der Waals surface area contributed by atoms with Crippen LogP contribution < -0.4 is 14.3 Å². The van der Waals surface area contributed by atoms with E-state index in [9.17, 15) is 19.7 Å². The number of fused-ring (bicyclic) bond motifs is 1. The Morgan fingerprint density at radius 3 is 2.48 bits per heavy atom. The molecule has 0 atom stereocenters. The van der Waals surface area contributed by atoms with Gasteiger partial charge in [-0.05, 0) is 19.1 Å². The number of carbonyl (C=O) groups excluding carboxylic acids is 2. The van der Waals surface area contributed by atoms with Crippen LogP contribution in [0.5, 0.6) is 11.5 Å². The summed E-state index contributed by atoms with van der Waals surface area (Å²) in [7, 11) is 2.69. The van der Waals surface area contributed by atoms with Crippen LogP contribution in [0.1, 0.15) is 17.3 Å². The molecule has 162 valence electrons. The number of aromatic nitrogens is 1. The third-order valence-electron chi connectivity index (χ3n) is 4.31. The number of methoxy groups -OCH3 is 2. The van der Waals surface area contributed by atoms with E-state index in [2.05, 4.69) is 4.99 Å². The molecule has 2 aromatic carbocycles. The summed E-state index contributed by atoms with van der Waals surface area (Å²) in [6.45, 7) is 1.75. The summed E-state index contributed by atoms with van der Waals surface area (Å²) in [5.41, 5.74) is -0.0406. The molecule has 0 fully saturated rings. The number of nitrogens with zero attached hydrogens (tertiary/aromatic N) is 3. The molecular formula is C20H19N3O7S. The van der Waals surface area contributed by atoms with Gasteiger partial charge >= 0.3 is 5.97 Å². The summed E-state index contributed by atoms with van der Waals surface area (Å²) in [6.07, 6.45) is 0. The second-order valence-electron chi connectivity index (χ2n) is 6.14. The molecule has 1 aromatic heterocycles. The first kappa shape index (κ1) is 22.0. The van der Waals surface area contributed by atoms with Gasteiger partial charge in [0.25, 0.3) is 11.6 Å². The van der Waals surface area contributed by atoms with Gasteiger partial charge in [0.05, 0.1) is 42.0 Å². The molecule has 1 amide bonds. The monoisotopic (exact) mass is 445 g/mol. The number of para-hydroxylation sites is 1. The number of nitro benzene ring substituents is 1. The molecule has 3 aromatic rings. The van der Waals surface area contributed by atoms with Crippen LogP contribution >= 0.6 is 11.3 Å². The van der Waals surface area contributed by atoms with Crippen molar-refractivity contribution in [1.82, 2.24) is 4.57 Å². The number of hydrogen-bond acceptors (Lipinski definition) is 8. The van der Waals surface area contributed by atoms with E-state index < -0.39 is 22.5 Å². The van der Waals surface area contributed by atoms with Crippen LogP contribution in [0.4, 0.5) is 5.69 Å². The van der Waals surface area contributed by atoms with E-state index in [0.717, 1.165) is 10.8 Å². The molecule has 31 heavy (non-hydrogen) atoms. The minimum atomic E-state index is -0.850. The van der Waals surface area contributed by atoms with Gasteiger partial charge in [-0.3, -0.25) is 19.7 Å². The van der Waals surface area contributed by atoms with Crippen molar-refractivity contribution in [1.29, 1.82) is 0 Å². The molecule has 0 radical (unpaired) electrons. The van der Waals surface area contributed by atoms with E-state index >= 15 is 0 Å². The van der Waals surface area contributed by atoms with E-state index in [-0.39, 0.29) is 35.0 Å². The van der Waals surface area contributed by atoms with Gasteiger partial charge in [0.2, 0.25) is 0 Å². The number of thiazole rings is 1. The van der Waals surface area contributed by atoms with Gasteiger partial charge in [-0.15, -0.1) is 0 Å². The quantitative estimate of drug-likeness (QED) is 0.311. The van der Waals surface area contributed by atoms with Gasteiger partial charge < -0.3 is 18.8 Å². The van der Waals surface area contributed by atoms with Crippen molar-refractivity contribution in [2.75, 3.05) is 20.8 Å². The molecule has 11 heteroatoms. The Morgan fingerprint density at radius 2 is 1.84 bits per heavy atom. The topological polar surface area (TPSA) is 122 Å². The maximum absolute atomic E-state index is 13.0. The maximum Gasteiger partial charge on any atom is 0.326 e. The van der Waals surface area contributed by atoms with E-state index in [1.165, 1.54) is 31.6 Å². The number of benzene rings is 2. The van der Waals surface area contributed by atoms with Crippen LogP contribution in [0.2, 0.25) is 0 Å². The molecular weight excluding hydrogens is 426 g/mol. The number of nitro groups is 1.